The van der Waals surface area contributed by atoms with E-state index in [0.717, 1.165) is 17.7 Å². The van der Waals surface area contributed by atoms with Crippen LogP contribution in [0.1, 0.15) is 30.2 Å². The van der Waals surface area contributed by atoms with Gasteiger partial charge in [-0.1, -0.05) is 0 Å². The highest BCUT2D eigenvalue weighted by Crippen LogP contribution is 2.30. The average Bonchev–Trinajstić information content (AvgIpc) is 2.67. The molecule has 1 fully saturated rings. The molecule has 1 aromatic heterocycles. The predicted molar refractivity (Wildman–Crippen MR) is 59.5 cm³/mol. The number of nitrogens with two attached hydrogens (primary N) is 1. The van der Waals surface area contributed by atoms with Gasteiger partial charge in [0.2, 0.25) is 5.91 Å². The van der Waals surface area contributed by atoms with E-state index in [-0.39, 0.29) is 18.0 Å². The standard InChI is InChI=1S/C10H15N3OS/c1-13-9(14)4-2-3-7(11)10(13)8-5-12-6-15-8/h5-7,10H,2-4,11H2,1H3. The third-order valence-corrected chi connectivity index (χ3v) is 3.73. The van der Waals surface area contributed by atoms with E-state index in [1.165, 1.54) is 0 Å². The molecule has 0 radical (unpaired) electrons. The number of nitrogens with zero attached hydrogens (tertiary/aromatic N) is 2. The molecule has 1 aromatic rings. The normalized spacial score (nSPS) is 27.9. The second kappa shape index (κ2) is 4.28. The first-order valence-corrected chi connectivity index (χ1v) is 5.97. The van der Waals surface area contributed by atoms with Gasteiger partial charge in [0.1, 0.15) is 0 Å². The minimum atomic E-state index is 0.00694. The van der Waals surface area contributed by atoms with E-state index in [1.807, 2.05) is 13.2 Å². The summed E-state index contributed by atoms with van der Waals surface area (Å²) in [6.45, 7) is 0. The van der Waals surface area contributed by atoms with Crippen molar-refractivity contribution in [2.24, 2.45) is 5.73 Å². The van der Waals surface area contributed by atoms with Crippen molar-refractivity contribution < 1.29 is 4.79 Å². The van der Waals surface area contributed by atoms with Gasteiger partial charge in [0.25, 0.3) is 0 Å². The topological polar surface area (TPSA) is 59.2 Å². The maximum atomic E-state index is 11.7. The second-order valence-electron chi connectivity index (χ2n) is 3.91. The lowest BCUT2D eigenvalue weighted by molar-refractivity contribution is -0.131. The largest absolute Gasteiger partial charge is 0.336 e. The van der Waals surface area contributed by atoms with Crippen LogP contribution < -0.4 is 5.73 Å². The molecule has 0 aromatic carbocycles. The minimum Gasteiger partial charge on any atom is -0.336 e. The molecule has 2 atom stereocenters. The van der Waals surface area contributed by atoms with Gasteiger partial charge in [-0.05, 0) is 12.8 Å². The quantitative estimate of drug-likeness (QED) is 0.780. The van der Waals surface area contributed by atoms with Crippen LogP contribution in [-0.4, -0.2) is 28.9 Å². The van der Waals surface area contributed by atoms with Crippen molar-refractivity contribution in [1.29, 1.82) is 0 Å². The number of likely N-dealkylation sites (tertiary alicyclic amines) is 1. The molecule has 1 aliphatic heterocycles. The summed E-state index contributed by atoms with van der Waals surface area (Å²) in [6.07, 6.45) is 4.21. The molecule has 0 aliphatic carbocycles. The van der Waals surface area contributed by atoms with Crippen molar-refractivity contribution in [3.8, 4) is 0 Å². The fourth-order valence-corrected chi connectivity index (χ4v) is 2.88. The second-order valence-corrected chi connectivity index (χ2v) is 4.83. The fraction of sp³-hybridized carbons (Fsp3) is 0.600. The van der Waals surface area contributed by atoms with Crippen LogP contribution in [0.3, 0.4) is 0 Å². The summed E-state index contributed by atoms with van der Waals surface area (Å²) in [5, 5.41) is 0. The van der Waals surface area contributed by atoms with Gasteiger partial charge in [-0.15, -0.1) is 11.3 Å². The van der Waals surface area contributed by atoms with Gasteiger partial charge in [-0.3, -0.25) is 9.78 Å². The highest BCUT2D eigenvalue weighted by atomic mass is 32.1. The number of carbonyl (C=O) groups excluding carboxylic acids is 1. The van der Waals surface area contributed by atoms with Crippen molar-refractivity contribution >= 4 is 17.2 Å². The number of likely N-dealkylation sites (N-methyl/N-ethyl adjacent to an activating group) is 1. The van der Waals surface area contributed by atoms with Crippen molar-refractivity contribution in [3.05, 3.63) is 16.6 Å². The van der Waals surface area contributed by atoms with Crippen molar-refractivity contribution in [2.75, 3.05) is 7.05 Å². The molecule has 5 heteroatoms. The smallest absolute Gasteiger partial charge is 0.222 e. The number of aromatic nitrogens is 1. The Morgan fingerprint density at radius 3 is 3.13 bits per heavy atom. The first-order chi connectivity index (χ1) is 7.20. The summed E-state index contributed by atoms with van der Waals surface area (Å²) in [5.74, 6) is 0.182. The van der Waals surface area contributed by atoms with Gasteiger partial charge < -0.3 is 10.6 Å². The van der Waals surface area contributed by atoms with Crippen LogP contribution in [0.4, 0.5) is 0 Å². The van der Waals surface area contributed by atoms with E-state index < -0.39 is 0 Å². The zero-order valence-corrected chi connectivity index (χ0v) is 9.54. The van der Waals surface area contributed by atoms with Crippen LogP contribution >= 0.6 is 11.3 Å². The van der Waals surface area contributed by atoms with Crippen molar-refractivity contribution in [3.63, 3.8) is 0 Å². The van der Waals surface area contributed by atoms with Crippen LogP contribution in [0.25, 0.3) is 0 Å². The summed E-state index contributed by atoms with van der Waals surface area (Å²) >= 11 is 1.56. The zero-order valence-electron chi connectivity index (χ0n) is 8.72. The number of thiazole rings is 1. The summed E-state index contributed by atoms with van der Waals surface area (Å²) in [6, 6.07) is 0.0365. The van der Waals surface area contributed by atoms with Crippen LogP contribution in [0, 0.1) is 0 Å². The fourth-order valence-electron chi connectivity index (χ4n) is 2.04. The Labute approximate surface area is 93.1 Å². The summed E-state index contributed by atoms with van der Waals surface area (Å²) in [4.78, 5) is 18.6. The number of carbonyl (C=O) groups is 1. The van der Waals surface area contributed by atoms with Crippen LogP contribution in [0.15, 0.2) is 11.7 Å². The SMILES string of the molecule is CN1C(=O)CCCC(N)C1c1cncs1. The van der Waals surface area contributed by atoms with Gasteiger partial charge in [0, 0.05) is 30.6 Å². The molecular formula is C10H15N3OS. The van der Waals surface area contributed by atoms with E-state index in [1.54, 1.807) is 21.7 Å². The van der Waals surface area contributed by atoms with Gasteiger partial charge in [-0.25, -0.2) is 0 Å². The zero-order chi connectivity index (χ0) is 10.8. The predicted octanol–water partition coefficient (Wildman–Crippen LogP) is 1.15. The molecule has 1 aliphatic rings. The van der Waals surface area contributed by atoms with E-state index in [9.17, 15) is 4.79 Å². The van der Waals surface area contributed by atoms with Crippen LogP contribution in [0.2, 0.25) is 0 Å². The Balaban J connectivity index is 2.28. The van der Waals surface area contributed by atoms with E-state index >= 15 is 0 Å². The van der Waals surface area contributed by atoms with Gasteiger partial charge in [-0.2, -0.15) is 0 Å². The number of rotatable bonds is 1. The molecule has 15 heavy (non-hydrogen) atoms. The summed E-state index contributed by atoms with van der Waals surface area (Å²) < 4.78 is 0. The maximum absolute atomic E-state index is 11.7. The first-order valence-electron chi connectivity index (χ1n) is 5.10. The van der Waals surface area contributed by atoms with Gasteiger partial charge in [0.15, 0.2) is 0 Å². The van der Waals surface area contributed by atoms with E-state index in [0.29, 0.717) is 6.42 Å². The van der Waals surface area contributed by atoms with Crippen molar-refractivity contribution in [2.45, 2.75) is 31.3 Å². The molecule has 0 spiro atoms. The molecule has 0 saturated carbocycles. The minimum absolute atomic E-state index is 0.00694. The van der Waals surface area contributed by atoms with Gasteiger partial charge in [0.05, 0.1) is 11.6 Å². The molecule has 82 valence electrons. The molecule has 2 unspecified atom stereocenters. The highest BCUT2D eigenvalue weighted by Gasteiger charge is 2.31. The number of hydrogen-bond acceptors (Lipinski definition) is 4. The molecule has 4 nitrogen and oxygen atoms in total. The third-order valence-electron chi connectivity index (χ3n) is 2.89. The van der Waals surface area contributed by atoms with Gasteiger partial charge >= 0.3 is 0 Å². The lowest BCUT2D eigenvalue weighted by Crippen LogP contribution is -2.39. The Morgan fingerprint density at radius 1 is 1.67 bits per heavy atom. The molecule has 1 amide bonds. The lowest BCUT2D eigenvalue weighted by Gasteiger charge is -2.29. The maximum Gasteiger partial charge on any atom is 0.222 e. The Hall–Kier alpha value is -0.940. The molecule has 0 bridgehead atoms. The Bertz CT molecular complexity index is 338. The monoisotopic (exact) mass is 225 g/mol. The summed E-state index contributed by atoms with van der Waals surface area (Å²) in [7, 11) is 1.83. The van der Waals surface area contributed by atoms with Crippen molar-refractivity contribution in [1.82, 2.24) is 9.88 Å². The Kier molecular flexibility index (Phi) is 3.02. The van der Waals surface area contributed by atoms with E-state index in [4.69, 9.17) is 5.73 Å². The molecule has 2 N–H and O–H groups in total. The van der Waals surface area contributed by atoms with E-state index in [2.05, 4.69) is 4.98 Å². The Morgan fingerprint density at radius 2 is 2.47 bits per heavy atom. The highest BCUT2D eigenvalue weighted by molar-refractivity contribution is 7.09. The number of amides is 1. The number of hydrogen-bond donors (Lipinski definition) is 1. The van der Waals surface area contributed by atoms with Crippen LogP contribution in [0.5, 0.6) is 0 Å². The molecular weight excluding hydrogens is 210 g/mol. The molecule has 2 heterocycles. The average molecular weight is 225 g/mol. The van der Waals surface area contributed by atoms with Crippen LogP contribution in [-0.2, 0) is 4.79 Å². The summed E-state index contributed by atoms with van der Waals surface area (Å²) in [5.41, 5.74) is 7.89. The third kappa shape index (κ3) is 2.03. The molecule has 1 saturated heterocycles. The first kappa shape index (κ1) is 10.6. The lowest BCUT2D eigenvalue weighted by atomic mass is 10.0. The molecule has 2 rings (SSSR count).